The molecule has 0 fully saturated rings. The second kappa shape index (κ2) is 4.70. The van der Waals surface area contributed by atoms with E-state index in [0.29, 0.717) is 5.82 Å². The first-order valence-electron chi connectivity index (χ1n) is 5.17. The zero-order chi connectivity index (χ0) is 12.5. The molecule has 2 aromatic heterocycles. The number of rotatable bonds is 2. The van der Waals surface area contributed by atoms with Crippen LogP contribution in [0.2, 0.25) is 0 Å². The van der Waals surface area contributed by atoms with E-state index in [0.717, 1.165) is 15.2 Å². The van der Waals surface area contributed by atoms with Crippen LogP contribution in [-0.2, 0) is 0 Å². The van der Waals surface area contributed by atoms with Crippen LogP contribution in [0.5, 0.6) is 0 Å². The Morgan fingerprint density at radius 3 is 2.71 bits per heavy atom. The smallest absolute Gasteiger partial charge is 0.203 e. The molecular weight excluding hydrogens is 300 g/mol. The average Bonchev–Trinajstić information content (AvgIpc) is 2.63. The molecule has 1 N–H and O–H groups in total. The van der Waals surface area contributed by atoms with Crippen LogP contribution in [0, 0.1) is 0 Å². The maximum Gasteiger partial charge on any atom is 0.203 e. The molecule has 2 rings (SSSR count). The Kier molecular flexibility index (Phi) is 3.44. The summed E-state index contributed by atoms with van der Waals surface area (Å²) in [6, 6.07) is 1.95. The van der Waals surface area contributed by atoms with E-state index in [4.69, 9.17) is 0 Å². The number of pyridine rings is 1. The number of aromatic nitrogens is 3. The summed E-state index contributed by atoms with van der Waals surface area (Å²) >= 11 is 4.75. The predicted molar refractivity (Wildman–Crippen MR) is 74.2 cm³/mol. The van der Waals surface area contributed by atoms with Gasteiger partial charge in [0.25, 0.3) is 0 Å². The number of nitrogens with zero attached hydrogens (tertiary/aromatic N) is 3. The van der Waals surface area contributed by atoms with Crippen LogP contribution in [0.25, 0.3) is 11.4 Å². The fraction of sp³-hybridized carbons (Fsp3) is 0.364. The highest BCUT2D eigenvalue weighted by molar-refractivity contribution is 9.10. The maximum absolute atomic E-state index is 4.44. The van der Waals surface area contributed by atoms with Crippen molar-refractivity contribution in [3.8, 4) is 11.4 Å². The first-order valence-corrected chi connectivity index (χ1v) is 6.73. The molecule has 0 aliphatic rings. The Balaban J connectivity index is 2.24. The van der Waals surface area contributed by atoms with E-state index in [2.05, 4.69) is 56.4 Å². The Labute approximate surface area is 113 Å². The normalized spacial score (nSPS) is 11.5. The standard InChI is InChI=1S/C11H13BrN4S/c1-11(2,3)15-10-14-9(16-17-10)7-4-8(12)6-13-5-7/h4-6H,1-3H3,(H,14,15,16). The van der Waals surface area contributed by atoms with E-state index in [1.807, 2.05) is 6.07 Å². The molecule has 0 bridgehead atoms. The summed E-state index contributed by atoms with van der Waals surface area (Å²) in [4.78, 5) is 8.54. The Morgan fingerprint density at radius 1 is 1.29 bits per heavy atom. The molecule has 0 saturated carbocycles. The van der Waals surface area contributed by atoms with Gasteiger partial charge >= 0.3 is 0 Å². The first kappa shape index (κ1) is 12.4. The van der Waals surface area contributed by atoms with Crippen LogP contribution in [-0.4, -0.2) is 19.9 Å². The van der Waals surface area contributed by atoms with Gasteiger partial charge in [0.15, 0.2) is 5.82 Å². The third-order valence-corrected chi connectivity index (χ3v) is 2.94. The van der Waals surface area contributed by atoms with Crippen LogP contribution in [0.15, 0.2) is 22.9 Å². The highest BCUT2D eigenvalue weighted by atomic mass is 79.9. The monoisotopic (exact) mass is 312 g/mol. The van der Waals surface area contributed by atoms with Gasteiger partial charge in [0.2, 0.25) is 5.13 Å². The van der Waals surface area contributed by atoms with Gasteiger partial charge in [-0.05, 0) is 42.8 Å². The first-order chi connectivity index (χ1) is 7.94. The Bertz CT molecular complexity index is 518. The van der Waals surface area contributed by atoms with Crippen LogP contribution >= 0.6 is 27.5 Å². The third kappa shape index (κ3) is 3.47. The summed E-state index contributed by atoms with van der Waals surface area (Å²) in [5, 5.41) is 4.13. The fourth-order valence-electron chi connectivity index (χ4n) is 1.25. The number of nitrogens with one attached hydrogen (secondary N) is 1. The van der Waals surface area contributed by atoms with E-state index in [1.54, 1.807) is 12.4 Å². The minimum Gasteiger partial charge on any atom is -0.356 e. The highest BCUT2D eigenvalue weighted by Gasteiger charge is 2.13. The molecule has 90 valence electrons. The lowest BCUT2D eigenvalue weighted by Crippen LogP contribution is -2.25. The summed E-state index contributed by atoms with van der Waals surface area (Å²) in [7, 11) is 0. The zero-order valence-corrected chi connectivity index (χ0v) is 12.3. The van der Waals surface area contributed by atoms with Crippen molar-refractivity contribution in [1.82, 2.24) is 14.3 Å². The summed E-state index contributed by atoms with van der Waals surface area (Å²) in [5.74, 6) is 0.704. The quantitative estimate of drug-likeness (QED) is 0.921. The van der Waals surface area contributed by atoms with Crippen molar-refractivity contribution in [3.63, 3.8) is 0 Å². The summed E-state index contributed by atoms with van der Waals surface area (Å²) in [6.07, 6.45) is 3.50. The molecule has 0 aromatic carbocycles. The lowest BCUT2D eigenvalue weighted by atomic mass is 10.1. The molecule has 17 heavy (non-hydrogen) atoms. The van der Waals surface area contributed by atoms with Crippen molar-refractivity contribution in [3.05, 3.63) is 22.9 Å². The minimum atomic E-state index is -0.00761. The molecule has 0 amide bonds. The highest BCUT2D eigenvalue weighted by Crippen LogP contribution is 2.24. The predicted octanol–water partition coefficient (Wildman–Crippen LogP) is 3.57. The van der Waals surface area contributed by atoms with E-state index < -0.39 is 0 Å². The summed E-state index contributed by atoms with van der Waals surface area (Å²) in [5.41, 5.74) is 0.907. The number of anilines is 1. The summed E-state index contributed by atoms with van der Waals surface area (Å²) < 4.78 is 5.24. The largest absolute Gasteiger partial charge is 0.356 e. The second-order valence-corrected chi connectivity index (χ2v) is 6.36. The number of hydrogen-bond donors (Lipinski definition) is 1. The number of hydrogen-bond acceptors (Lipinski definition) is 5. The topological polar surface area (TPSA) is 50.7 Å². The van der Waals surface area contributed by atoms with Gasteiger partial charge in [0.05, 0.1) is 0 Å². The molecule has 0 unspecified atom stereocenters. The van der Waals surface area contributed by atoms with Crippen molar-refractivity contribution in [2.45, 2.75) is 26.3 Å². The van der Waals surface area contributed by atoms with Crippen molar-refractivity contribution in [2.75, 3.05) is 5.32 Å². The summed E-state index contributed by atoms with van der Waals surface area (Å²) in [6.45, 7) is 6.28. The Morgan fingerprint density at radius 2 is 2.06 bits per heavy atom. The molecule has 2 aromatic rings. The molecule has 4 nitrogen and oxygen atoms in total. The number of halogens is 1. The van der Waals surface area contributed by atoms with Gasteiger partial charge in [0.1, 0.15) is 0 Å². The molecule has 6 heteroatoms. The van der Waals surface area contributed by atoms with Crippen molar-refractivity contribution in [1.29, 1.82) is 0 Å². The molecule has 2 heterocycles. The SMILES string of the molecule is CC(C)(C)Nc1nc(-c2cncc(Br)c2)ns1. The molecule has 0 aliphatic carbocycles. The zero-order valence-electron chi connectivity index (χ0n) is 9.86. The van der Waals surface area contributed by atoms with Gasteiger partial charge in [0, 0.05) is 39.5 Å². The van der Waals surface area contributed by atoms with Gasteiger partial charge < -0.3 is 5.32 Å². The van der Waals surface area contributed by atoms with E-state index in [9.17, 15) is 0 Å². The molecule has 0 spiro atoms. The van der Waals surface area contributed by atoms with Crippen LogP contribution < -0.4 is 5.32 Å². The molecule has 0 atom stereocenters. The average molecular weight is 313 g/mol. The minimum absolute atomic E-state index is 0.00761. The molecule has 0 radical (unpaired) electrons. The van der Waals surface area contributed by atoms with Crippen molar-refractivity contribution in [2.24, 2.45) is 0 Å². The van der Waals surface area contributed by atoms with Crippen molar-refractivity contribution >= 4 is 32.6 Å². The van der Waals surface area contributed by atoms with Crippen LogP contribution in [0.1, 0.15) is 20.8 Å². The van der Waals surface area contributed by atoms with Gasteiger partial charge in [-0.2, -0.15) is 9.36 Å². The van der Waals surface area contributed by atoms with Gasteiger partial charge in [-0.1, -0.05) is 0 Å². The second-order valence-electron chi connectivity index (χ2n) is 4.69. The molecule has 0 aliphatic heterocycles. The maximum atomic E-state index is 4.44. The molecule has 0 saturated heterocycles. The lowest BCUT2D eigenvalue weighted by Gasteiger charge is -2.18. The molecular formula is C11H13BrN4S. The third-order valence-electron chi connectivity index (χ3n) is 1.87. The Hall–Kier alpha value is -1.01. The van der Waals surface area contributed by atoms with Crippen molar-refractivity contribution < 1.29 is 0 Å². The fourth-order valence-corrected chi connectivity index (χ4v) is 2.41. The van der Waals surface area contributed by atoms with Crippen LogP contribution in [0.3, 0.4) is 0 Å². The van der Waals surface area contributed by atoms with E-state index in [1.165, 1.54) is 11.5 Å². The van der Waals surface area contributed by atoms with E-state index >= 15 is 0 Å². The van der Waals surface area contributed by atoms with Gasteiger partial charge in [-0.15, -0.1) is 0 Å². The van der Waals surface area contributed by atoms with Gasteiger partial charge in [-0.25, -0.2) is 0 Å². The van der Waals surface area contributed by atoms with Crippen LogP contribution in [0.4, 0.5) is 5.13 Å². The van der Waals surface area contributed by atoms with Gasteiger partial charge in [-0.3, -0.25) is 4.98 Å². The van der Waals surface area contributed by atoms with E-state index in [-0.39, 0.29) is 5.54 Å². The lowest BCUT2D eigenvalue weighted by molar-refractivity contribution is 0.633.